The Bertz CT molecular complexity index is 743. The third-order valence-electron chi connectivity index (χ3n) is 2.78. The Kier molecular flexibility index (Phi) is 3.13. The quantitative estimate of drug-likeness (QED) is 0.506. The van der Waals surface area contributed by atoms with Gasteiger partial charge in [-0.25, -0.2) is 4.99 Å². The summed E-state index contributed by atoms with van der Waals surface area (Å²) in [5, 5.41) is 8.26. The zero-order valence-corrected chi connectivity index (χ0v) is 11.9. The Morgan fingerprint density at radius 1 is 1.11 bits per heavy atom. The standard InChI is InChI=1S/C14H11BrN4/c1-10(16-12-8-6-11(15)7-9-12)19-14-5-3-2-4-13(14)17-18-19/h2-9H,1H3. The van der Waals surface area contributed by atoms with E-state index in [2.05, 4.69) is 31.2 Å². The third-order valence-corrected chi connectivity index (χ3v) is 3.30. The predicted molar refractivity (Wildman–Crippen MR) is 79.8 cm³/mol. The van der Waals surface area contributed by atoms with Crippen molar-refractivity contribution in [1.82, 2.24) is 15.0 Å². The summed E-state index contributed by atoms with van der Waals surface area (Å²) < 4.78 is 2.78. The number of rotatable bonds is 1. The van der Waals surface area contributed by atoms with Gasteiger partial charge in [0.2, 0.25) is 0 Å². The van der Waals surface area contributed by atoms with E-state index in [9.17, 15) is 0 Å². The van der Waals surface area contributed by atoms with Gasteiger partial charge in [-0.1, -0.05) is 33.3 Å². The van der Waals surface area contributed by atoms with E-state index in [0.29, 0.717) is 0 Å². The van der Waals surface area contributed by atoms with Gasteiger partial charge in [0.1, 0.15) is 11.4 Å². The van der Waals surface area contributed by atoms with E-state index in [1.54, 1.807) is 4.68 Å². The molecule has 0 saturated carbocycles. The molecule has 1 aromatic heterocycles. The van der Waals surface area contributed by atoms with Crippen molar-refractivity contribution in [2.24, 2.45) is 4.99 Å². The van der Waals surface area contributed by atoms with Crippen molar-refractivity contribution in [3.05, 3.63) is 53.0 Å². The minimum Gasteiger partial charge on any atom is -0.234 e. The van der Waals surface area contributed by atoms with Crippen molar-refractivity contribution in [3.63, 3.8) is 0 Å². The summed E-state index contributed by atoms with van der Waals surface area (Å²) in [5.41, 5.74) is 2.72. The molecule has 0 atom stereocenters. The van der Waals surface area contributed by atoms with Crippen LogP contribution in [0.15, 0.2) is 58.0 Å². The number of benzene rings is 2. The molecule has 5 heteroatoms. The first-order chi connectivity index (χ1) is 9.24. The molecular weight excluding hydrogens is 304 g/mol. The first kappa shape index (κ1) is 12.0. The van der Waals surface area contributed by atoms with Gasteiger partial charge in [-0.15, -0.1) is 5.10 Å². The molecule has 19 heavy (non-hydrogen) atoms. The van der Waals surface area contributed by atoms with Gasteiger partial charge in [-0.05, 0) is 43.3 Å². The zero-order chi connectivity index (χ0) is 13.2. The largest absolute Gasteiger partial charge is 0.234 e. The number of aliphatic imine (C=N–C) groups is 1. The topological polar surface area (TPSA) is 43.1 Å². The maximum absolute atomic E-state index is 4.55. The first-order valence-corrected chi connectivity index (χ1v) is 6.65. The average Bonchev–Trinajstić information content (AvgIpc) is 2.85. The second-order valence-electron chi connectivity index (χ2n) is 4.13. The van der Waals surface area contributed by atoms with Crippen LogP contribution in [0.3, 0.4) is 0 Å². The van der Waals surface area contributed by atoms with Crippen LogP contribution >= 0.6 is 15.9 Å². The fraction of sp³-hybridized carbons (Fsp3) is 0.0714. The van der Waals surface area contributed by atoms with E-state index >= 15 is 0 Å². The SMILES string of the molecule is CC(=Nc1ccc(Br)cc1)n1nnc2ccccc21. The smallest absolute Gasteiger partial charge is 0.129 e. The molecule has 0 saturated heterocycles. The lowest BCUT2D eigenvalue weighted by Crippen LogP contribution is -2.08. The molecule has 0 N–H and O–H groups in total. The summed E-state index contributed by atoms with van der Waals surface area (Å²) in [5.74, 6) is 0.788. The molecule has 2 aromatic carbocycles. The van der Waals surface area contributed by atoms with Gasteiger partial charge >= 0.3 is 0 Å². The van der Waals surface area contributed by atoms with Crippen LogP contribution in [0.5, 0.6) is 0 Å². The van der Waals surface area contributed by atoms with Gasteiger partial charge in [0.05, 0.1) is 11.2 Å². The van der Waals surface area contributed by atoms with Crippen LogP contribution in [0.1, 0.15) is 6.92 Å². The first-order valence-electron chi connectivity index (χ1n) is 5.86. The third kappa shape index (κ3) is 2.42. The minimum atomic E-state index is 0.788. The predicted octanol–water partition coefficient (Wildman–Crippen LogP) is 3.79. The van der Waals surface area contributed by atoms with Gasteiger partial charge in [0.25, 0.3) is 0 Å². The second kappa shape index (κ2) is 4.93. The molecule has 0 aliphatic carbocycles. The molecule has 1 heterocycles. The molecule has 0 bridgehead atoms. The highest BCUT2D eigenvalue weighted by atomic mass is 79.9. The van der Waals surface area contributed by atoms with Gasteiger partial charge in [0.15, 0.2) is 0 Å². The lowest BCUT2D eigenvalue weighted by molar-refractivity contribution is 0.857. The van der Waals surface area contributed by atoms with Gasteiger partial charge in [-0.2, -0.15) is 4.68 Å². The second-order valence-corrected chi connectivity index (χ2v) is 5.04. The Morgan fingerprint density at radius 2 is 1.84 bits per heavy atom. The molecule has 0 amide bonds. The van der Waals surface area contributed by atoms with Gasteiger partial charge in [0, 0.05) is 4.47 Å². The maximum atomic E-state index is 4.55. The Hall–Kier alpha value is -2.01. The number of hydrogen-bond donors (Lipinski definition) is 0. The number of aromatic nitrogens is 3. The Labute approximate surface area is 118 Å². The molecular formula is C14H11BrN4. The molecule has 0 fully saturated rings. The van der Waals surface area contributed by atoms with Gasteiger partial charge < -0.3 is 0 Å². The lowest BCUT2D eigenvalue weighted by atomic mass is 10.3. The summed E-state index contributed by atoms with van der Waals surface area (Å²) in [6, 6.07) is 15.7. The monoisotopic (exact) mass is 314 g/mol. The van der Waals surface area contributed by atoms with Crippen LogP contribution in [0.4, 0.5) is 5.69 Å². The molecule has 0 radical (unpaired) electrons. The molecule has 4 nitrogen and oxygen atoms in total. The summed E-state index contributed by atoms with van der Waals surface area (Å²) in [6.45, 7) is 1.92. The maximum Gasteiger partial charge on any atom is 0.129 e. The van der Waals surface area contributed by atoms with Gasteiger partial charge in [-0.3, -0.25) is 0 Å². The van der Waals surface area contributed by atoms with Crippen molar-refractivity contribution in [2.45, 2.75) is 6.92 Å². The fourth-order valence-corrected chi connectivity index (χ4v) is 2.12. The van der Waals surface area contributed by atoms with E-state index in [-0.39, 0.29) is 0 Å². The molecule has 0 aliphatic heterocycles. The average molecular weight is 315 g/mol. The van der Waals surface area contributed by atoms with Crippen molar-refractivity contribution in [1.29, 1.82) is 0 Å². The summed E-state index contributed by atoms with van der Waals surface area (Å²) in [4.78, 5) is 4.55. The fourth-order valence-electron chi connectivity index (χ4n) is 1.86. The number of fused-ring (bicyclic) bond motifs is 1. The molecule has 0 unspecified atom stereocenters. The van der Waals surface area contributed by atoms with Crippen LogP contribution in [0.25, 0.3) is 11.0 Å². The van der Waals surface area contributed by atoms with E-state index in [4.69, 9.17) is 0 Å². The summed E-state index contributed by atoms with van der Waals surface area (Å²) >= 11 is 3.41. The highest BCUT2D eigenvalue weighted by Gasteiger charge is 2.05. The number of halogens is 1. The highest BCUT2D eigenvalue weighted by molar-refractivity contribution is 9.10. The Morgan fingerprint density at radius 3 is 2.63 bits per heavy atom. The van der Waals surface area contributed by atoms with Crippen molar-refractivity contribution >= 4 is 38.5 Å². The molecule has 0 spiro atoms. The van der Waals surface area contributed by atoms with Crippen molar-refractivity contribution in [2.75, 3.05) is 0 Å². The zero-order valence-electron chi connectivity index (χ0n) is 10.3. The van der Waals surface area contributed by atoms with E-state index < -0.39 is 0 Å². The van der Waals surface area contributed by atoms with E-state index in [1.807, 2.05) is 55.5 Å². The molecule has 0 aliphatic rings. The van der Waals surface area contributed by atoms with Crippen LogP contribution in [-0.2, 0) is 0 Å². The van der Waals surface area contributed by atoms with E-state index in [1.165, 1.54) is 0 Å². The Balaban J connectivity index is 2.03. The molecule has 3 rings (SSSR count). The van der Waals surface area contributed by atoms with Crippen LogP contribution < -0.4 is 0 Å². The molecule has 3 aromatic rings. The van der Waals surface area contributed by atoms with Crippen molar-refractivity contribution in [3.8, 4) is 0 Å². The number of para-hydroxylation sites is 1. The number of hydrogen-bond acceptors (Lipinski definition) is 3. The molecule has 94 valence electrons. The van der Waals surface area contributed by atoms with Crippen LogP contribution in [0.2, 0.25) is 0 Å². The van der Waals surface area contributed by atoms with Crippen LogP contribution in [-0.4, -0.2) is 20.8 Å². The number of nitrogens with zero attached hydrogens (tertiary/aromatic N) is 4. The van der Waals surface area contributed by atoms with Crippen LogP contribution in [0, 0.1) is 0 Å². The lowest BCUT2D eigenvalue weighted by Gasteiger charge is -2.01. The summed E-state index contributed by atoms with van der Waals surface area (Å²) in [7, 11) is 0. The van der Waals surface area contributed by atoms with E-state index in [0.717, 1.165) is 27.0 Å². The van der Waals surface area contributed by atoms with Crippen molar-refractivity contribution < 1.29 is 0 Å². The minimum absolute atomic E-state index is 0.788. The normalized spacial score (nSPS) is 12.0. The highest BCUT2D eigenvalue weighted by Crippen LogP contribution is 2.18. The summed E-state index contributed by atoms with van der Waals surface area (Å²) in [6.07, 6.45) is 0.